The lowest BCUT2D eigenvalue weighted by atomic mass is 9.79. The number of anilines is 1. The van der Waals surface area contributed by atoms with Gasteiger partial charge in [-0.1, -0.05) is 74.1 Å². The molecule has 0 aliphatic heterocycles. The van der Waals surface area contributed by atoms with Crippen molar-refractivity contribution in [3.05, 3.63) is 70.7 Å². The van der Waals surface area contributed by atoms with Gasteiger partial charge >= 0.3 is 6.36 Å². The summed E-state index contributed by atoms with van der Waals surface area (Å²) in [5.41, 5.74) is 1.38. The number of hydrazine groups is 1. The Bertz CT molecular complexity index is 2000. The Labute approximate surface area is 267 Å². The molecule has 0 aliphatic carbocycles. The second kappa shape index (κ2) is 11.5. The predicted octanol–water partition coefficient (Wildman–Crippen LogP) is 8.20. The number of hydrogen-bond acceptors (Lipinski definition) is 9. The summed E-state index contributed by atoms with van der Waals surface area (Å²) in [7, 11) is 0. The number of aromatic nitrogens is 6. The second-order valence-electron chi connectivity index (χ2n) is 11.2. The van der Waals surface area contributed by atoms with Crippen LogP contribution in [-0.2, 0) is 5.54 Å². The van der Waals surface area contributed by atoms with Crippen molar-refractivity contribution in [3.63, 3.8) is 0 Å². The van der Waals surface area contributed by atoms with Crippen LogP contribution in [-0.4, -0.2) is 35.6 Å². The fourth-order valence-corrected chi connectivity index (χ4v) is 7.67. The molecule has 236 valence electrons. The molecule has 0 radical (unpaired) electrons. The second-order valence-corrected chi connectivity index (χ2v) is 13.5. The molecule has 0 spiro atoms. The fourth-order valence-electron chi connectivity index (χ4n) is 5.39. The first-order valence-electron chi connectivity index (χ1n) is 13.8. The van der Waals surface area contributed by atoms with Gasteiger partial charge in [-0.25, -0.2) is 29.2 Å². The van der Waals surface area contributed by atoms with Crippen LogP contribution >= 0.6 is 34.3 Å². The predicted molar refractivity (Wildman–Crippen MR) is 167 cm³/mol. The van der Waals surface area contributed by atoms with E-state index in [1.54, 1.807) is 38.6 Å². The van der Waals surface area contributed by atoms with Crippen LogP contribution in [0.3, 0.4) is 0 Å². The number of ether oxygens (including phenoxy) is 1. The van der Waals surface area contributed by atoms with Gasteiger partial charge < -0.3 is 4.74 Å². The van der Waals surface area contributed by atoms with Gasteiger partial charge in [0.05, 0.1) is 28.8 Å². The van der Waals surface area contributed by atoms with E-state index in [1.807, 2.05) is 0 Å². The number of nitrogens with zero attached hydrogens (tertiary/aromatic N) is 7. The van der Waals surface area contributed by atoms with E-state index >= 15 is 0 Å². The van der Waals surface area contributed by atoms with Crippen LogP contribution in [0.2, 0.25) is 5.02 Å². The van der Waals surface area contributed by atoms with Gasteiger partial charge in [0.1, 0.15) is 22.1 Å². The third kappa shape index (κ3) is 5.73. The average Bonchev–Trinajstić information content (AvgIpc) is 3.73. The largest absolute Gasteiger partial charge is 0.573 e. The molecule has 4 heterocycles. The quantitative estimate of drug-likeness (QED) is 0.0935. The Morgan fingerprint density at radius 3 is 2.20 bits per heavy atom. The number of benzene rings is 2. The van der Waals surface area contributed by atoms with Gasteiger partial charge in [-0.2, -0.15) is 5.10 Å². The normalized spacial score (nSPS) is 13.8. The molecule has 9 nitrogen and oxygen atoms in total. The lowest BCUT2D eigenvalue weighted by Crippen LogP contribution is -2.55. The third-order valence-corrected chi connectivity index (χ3v) is 9.72. The minimum absolute atomic E-state index is 0.00451. The molecule has 0 saturated carbocycles. The molecule has 0 aliphatic rings. The minimum atomic E-state index is -4.82. The maximum absolute atomic E-state index is 13.9. The number of imidazole rings is 2. The van der Waals surface area contributed by atoms with Crippen molar-refractivity contribution < 1.29 is 22.3 Å². The van der Waals surface area contributed by atoms with Gasteiger partial charge in [0, 0.05) is 11.1 Å². The lowest BCUT2D eigenvalue weighted by molar-refractivity contribution is -0.274. The lowest BCUT2D eigenvalue weighted by Gasteiger charge is -2.43. The topological polar surface area (TPSA) is 98.9 Å². The highest BCUT2D eigenvalue weighted by atomic mass is 35.5. The summed E-state index contributed by atoms with van der Waals surface area (Å²) in [6.45, 7) is 8.31. The van der Waals surface area contributed by atoms with Gasteiger partial charge in [-0.05, 0) is 48.6 Å². The summed E-state index contributed by atoms with van der Waals surface area (Å²) in [5, 5.41) is 12.5. The maximum Gasteiger partial charge on any atom is 0.573 e. The van der Waals surface area contributed by atoms with Crippen molar-refractivity contribution in [1.29, 1.82) is 0 Å². The van der Waals surface area contributed by atoms with Crippen LogP contribution in [0.25, 0.3) is 32.4 Å². The van der Waals surface area contributed by atoms with Crippen LogP contribution in [0.4, 0.5) is 22.7 Å². The van der Waals surface area contributed by atoms with Crippen molar-refractivity contribution in [2.24, 2.45) is 17.7 Å². The summed E-state index contributed by atoms with van der Waals surface area (Å²) in [6.07, 6.45) is -1.00. The van der Waals surface area contributed by atoms with Crippen LogP contribution in [0.1, 0.15) is 39.1 Å². The number of fused-ring (bicyclic) bond motifs is 2. The summed E-state index contributed by atoms with van der Waals surface area (Å²) in [6, 6.07) is 10.1. The van der Waals surface area contributed by atoms with Crippen molar-refractivity contribution in [1.82, 2.24) is 29.2 Å². The highest BCUT2D eigenvalue weighted by Gasteiger charge is 2.46. The molecule has 1 atom stereocenters. The maximum atomic E-state index is 13.9. The van der Waals surface area contributed by atoms with E-state index in [1.165, 1.54) is 53.0 Å². The molecule has 45 heavy (non-hydrogen) atoms. The summed E-state index contributed by atoms with van der Waals surface area (Å²) >= 11 is 8.71. The Hall–Kier alpha value is -3.79. The smallest absolute Gasteiger partial charge is 0.406 e. The molecule has 2 N–H and O–H groups in total. The zero-order valence-corrected chi connectivity index (χ0v) is 26.8. The van der Waals surface area contributed by atoms with E-state index in [0.717, 1.165) is 0 Å². The van der Waals surface area contributed by atoms with Crippen LogP contribution < -0.4 is 15.6 Å². The van der Waals surface area contributed by atoms with Crippen molar-refractivity contribution in [2.75, 3.05) is 5.01 Å². The summed E-state index contributed by atoms with van der Waals surface area (Å²) in [5.74, 6) is 6.28. The number of halogens is 5. The molecular weight excluding hydrogens is 652 g/mol. The Balaban J connectivity index is 1.43. The monoisotopic (exact) mass is 678 g/mol. The van der Waals surface area contributed by atoms with Crippen molar-refractivity contribution in [2.45, 2.75) is 46.0 Å². The molecule has 0 amide bonds. The van der Waals surface area contributed by atoms with Gasteiger partial charge in [0.15, 0.2) is 0 Å². The number of alkyl halides is 3. The molecule has 0 bridgehead atoms. The number of rotatable bonds is 9. The van der Waals surface area contributed by atoms with Crippen molar-refractivity contribution in [3.8, 4) is 28.3 Å². The zero-order chi connectivity index (χ0) is 32.3. The highest BCUT2D eigenvalue weighted by Crippen LogP contribution is 2.45. The van der Waals surface area contributed by atoms with E-state index in [-0.39, 0.29) is 22.6 Å². The van der Waals surface area contributed by atoms with Crippen LogP contribution in [0, 0.1) is 17.7 Å². The standard InChI is InChI=1S/C29H27ClF4N8OS2/c1-15(2)12-28(16(3)4,24-38-40-23(14-36-25(40)44-24)18-8-9-21(31)20(30)11-18)42(35)27-39-41-22(13-37-26(41)45-27)17-6-5-7-19(10-17)43-29(32,33)34/h5-11,13-16H,12,35H2,1-4H3. The fraction of sp³-hybridized carbons (Fsp3) is 0.310. The van der Waals surface area contributed by atoms with Gasteiger partial charge in [0.25, 0.3) is 0 Å². The number of nitrogens with two attached hydrogens (primary N) is 1. The molecule has 1 unspecified atom stereocenters. The number of hydrogen-bond donors (Lipinski definition) is 1. The van der Waals surface area contributed by atoms with Crippen LogP contribution in [0.5, 0.6) is 5.75 Å². The molecule has 16 heteroatoms. The van der Waals surface area contributed by atoms with E-state index in [0.29, 0.717) is 49.0 Å². The summed E-state index contributed by atoms with van der Waals surface area (Å²) < 4.78 is 59.8. The average molecular weight is 679 g/mol. The SMILES string of the molecule is CC(C)CC(c1nn2c(-c3ccc(F)c(Cl)c3)cnc2s1)(C(C)C)N(N)c1nn2c(-c3cccc(OC(F)(F)F)c3)cnc2s1. The van der Waals surface area contributed by atoms with E-state index in [4.69, 9.17) is 27.6 Å². The molecule has 2 aromatic carbocycles. The molecular formula is C29H27ClF4N8OS2. The van der Waals surface area contributed by atoms with Gasteiger partial charge in [0.2, 0.25) is 15.1 Å². The van der Waals surface area contributed by atoms with E-state index < -0.39 is 17.7 Å². The Kier molecular flexibility index (Phi) is 8.00. The zero-order valence-electron chi connectivity index (χ0n) is 24.4. The summed E-state index contributed by atoms with van der Waals surface area (Å²) in [4.78, 5) is 10.2. The molecule has 0 fully saturated rings. The molecule has 6 rings (SSSR count). The van der Waals surface area contributed by atoms with Crippen molar-refractivity contribution >= 4 is 49.3 Å². The Morgan fingerprint density at radius 2 is 1.58 bits per heavy atom. The van der Waals surface area contributed by atoms with Crippen LogP contribution in [0.15, 0.2) is 54.9 Å². The first kappa shape index (κ1) is 31.2. The molecule has 0 saturated heterocycles. The van der Waals surface area contributed by atoms with Gasteiger partial charge in [-0.3, -0.25) is 5.01 Å². The van der Waals surface area contributed by atoms with E-state index in [2.05, 4.69) is 42.4 Å². The Morgan fingerprint density at radius 1 is 0.933 bits per heavy atom. The minimum Gasteiger partial charge on any atom is -0.406 e. The molecule has 6 aromatic rings. The first-order valence-corrected chi connectivity index (χ1v) is 15.8. The third-order valence-electron chi connectivity index (χ3n) is 7.42. The highest BCUT2D eigenvalue weighted by molar-refractivity contribution is 7.20. The van der Waals surface area contributed by atoms with Gasteiger partial charge in [-0.15, -0.1) is 18.3 Å². The molecule has 4 aromatic heterocycles. The first-order chi connectivity index (χ1) is 21.3. The van der Waals surface area contributed by atoms with E-state index in [9.17, 15) is 17.6 Å².